The van der Waals surface area contributed by atoms with Gasteiger partial charge in [0.2, 0.25) is 0 Å². The van der Waals surface area contributed by atoms with Crippen molar-refractivity contribution < 1.29 is 0 Å². The molecular weight excluding hydrogens is 184 g/mol. The standard InChI is InChI=1S/C13H20N2/c1-3-15(2)13-7-5-4-6-11(13)10-14-12-8-9-12/h4-7,12,14H,3,8-10H2,1-2H3. The molecule has 1 aliphatic rings. The highest BCUT2D eigenvalue weighted by molar-refractivity contribution is 5.52. The van der Waals surface area contributed by atoms with Crippen molar-refractivity contribution in [2.24, 2.45) is 0 Å². The fourth-order valence-corrected chi connectivity index (χ4v) is 1.74. The molecule has 1 fully saturated rings. The molecule has 1 aromatic carbocycles. The summed E-state index contributed by atoms with van der Waals surface area (Å²) in [5.74, 6) is 0. The van der Waals surface area contributed by atoms with Gasteiger partial charge in [-0.3, -0.25) is 0 Å². The van der Waals surface area contributed by atoms with E-state index in [1.54, 1.807) is 0 Å². The monoisotopic (exact) mass is 204 g/mol. The molecule has 0 aliphatic heterocycles. The minimum Gasteiger partial charge on any atom is -0.375 e. The Balaban J connectivity index is 2.05. The molecule has 1 N–H and O–H groups in total. The van der Waals surface area contributed by atoms with E-state index in [-0.39, 0.29) is 0 Å². The third-order valence-corrected chi connectivity index (χ3v) is 3.04. The molecule has 0 spiro atoms. The zero-order chi connectivity index (χ0) is 10.7. The maximum absolute atomic E-state index is 3.57. The van der Waals surface area contributed by atoms with Gasteiger partial charge in [-0.05, 0) is 31.4 Å². The van der Waals surface area contributed by atoms with Gasteiger partial charge in [0, 0.05) is 31.9 Å². The van der Waals surface area contributed by atoms with E-state index >= 15 is 0 Å². The summed E-state index contributed by atoms with van der Waals surface area (Å²) in [7, 11) is 2.15. The van der Waals surface area contributed by atoms with Crippen LogP contribution in [0.5, 0.6) is 0 Å². The Morgan fingerprint density at radius 2 is 2.07 bits per heavy atom. The third-order valence-electron chi connectivity index (χ3n) is 3.04. The number of nitrogens with one attached hydrogen (secondary N) is 1. The van der Waals surface area contributed by atoms with Crippen LogP contribution >= 0.6 is 0 Å². The molecule has 15 heavy (non-hydrogen) atoms. The molecule has 0 aromatic heterocycles. The molecule has 0 radical (unpaired) electrons. The van der Waals surface area contributed by atoms with Crippen LogP contribution < -0.4 is 10.2 Å². The van der Waals surface area contributed by atoms with Crippen molar-refractivity contribution >= 4 is 5.69 Å². The van der Waals surface area contributed by atoms with Crippen LogP contribution in [0, 0.1) is 0 Å². The maximum atomic E-state index is 3.57. The lowest BCUT2D eigenvalue weighted by molar-refractivity contribution is 0.686. The first-order valence-corrected chi connectivity index (χ1v) is 5.83. The summed E-state index contributed by atoms with van der Waals surface area (Å²) in [5.41, 5.74) is 2.77. The fourth-order valence-electron chi connectivity index (χ4n) is 1.74. The third kappa shape index (κ3) is 2.72. The summed E-state index contributed by atoms with van der Waals surface area (Å²) in [5, 5.41) is 3.57. The van der Waals surface area contributed by atoms with Crippen LogP contribution in [-0.2, 0) is 6.54 Å². The van der Waals surface area contributed by atoms with Crippen LogP contribution in [0.4, 0.5) is 5.69 Å². The first-order valence-electron chi connectivity index (χ1n) is 5.83. The highest BCUT2D eigenvalue weighted by atomic mass is 15.1. The van der Waals surface area contributed by atoms with Crippen molar-refractivity contribution in [1.29, 1.82) is 0 Å². The molecule has 0 heterocycles. The van der Waals surface area contributed by atoms with Crippen LogP contribution in [0.3, 0.4) is 0 Å². The summed E-state index contributed by atoms with van der Waals surface area (Å²) in [4.78, 5) is 2.30. The van der Waals surface area contributed by atoms with E-state index in [0.717, 1.165) is 19.1 Å². The van der Waals surface area contributed by atoms with Crippen molar-refractivity contribution in [1.82, 2.24) is 5.32 Å². The first kappa shape index (κ1) is 10.5. The Bertz CT molecular complexity index is 318. The van der Waals surface area contributed by atoms with Crippen LogP contribution in [0.1, 0.15) is 25.3 Å². The molecule has 0 unspecified atom stereocenters. The molecule has 0 atom stereocenters. The number of anilines is 1. The predicted octanol–water partition coefficient (Wildman–Crippen LogP) is 2.39. The minimum atomic E-state index is 0.782. The fraction of sp³-hybridized carbons (Fsp3) is 0.538. The van der Waals surface area contributed by atoms with E-state index in [4.69, 9.17) is 0 Å². The molecular formula is C13H20N2. The maximum Gasteiger partial charge on any atom is 0.0409 e. The van der Waals surface area contributed by atoms with Crippen LogP contribution in [-0.4, -0.2) is 19.6 Å². The Kier molecular flexibility index (Phi) is 3.27. The molecule has 2 heteroatoms. The first-order chi connectivity index (χ1) is 7.31. The Hall–Kier alpha value is -1.02. The number of hydrogen-bond acceptors (Lipinski definition) is 2. The molecule has 0 bridgehead atoms. The molecule has 0 saturated heterocycles. The lowest BCUT2D eigenvalue weighted by atomic mass is 10.1. The molecule has 0 amide bonds. The second-order valence-corrected chi connectivity index (χ2v) is 4.30. The number of rotatable bonds is 5. The SMILES string of the molecule is CCN(C)c1ccccc1CNC1CC1. The van der Waals surface area contributed by atoms with Gasteiger partial charge in [0.05, 0.1) is 0 Å². The van der Waals surface area contributed by atoms with Crippen LogP contribution in [0.2, 0.25) is 0 Å². The Morgan fingerprint density at radius 3 is 2.73 bits per heavy atom. The molecule has 1 aromatic rings. The van der Waals surface area contributed by atoms with Gasteiger partial charge in [0.15, 0.2) is 0 Å². The lowest BCUT2D eigenvalue weighted by Gasteiger charge is -2.20. The Labute approximate surface area is 92.3 Å². The van der Waals surface area contributed by atoms with Crippen LogP contribution in [0.25, 0.3) is 0 Å². The van der Waals surface area contributed by atoms with Gasteiger partial charge in [-0.15, -0.1) is 0 Å². The molecule has 1 aliphatic carbocycles. The van der Waals surface area contributed by atoms with E-state index in [1.165, 1.54) is 24.1 Å². The summed E-state index contributed by atoms with van der Waals surface area (Å²) in [6.07, 6.45) is 2.71. The van der Waals surface area contributed by atoms with Gasteiger partial charge >= 0.3 is 0 Å². The average Bonchev–Trinajstić information content (AvgIpc) is 3.09. The van der Waals surface area contributed by atoms with E-state index in [9.17, 15) is 0 Å². The van der Waals surface area contributed by atoms with Gasteiger partial charge in [0.25, 0.3) is 0 Å². The molecule has 2 rings (SSSR count). The largest absolute Gasteiger partial charge is 0.375 e. The molecule has 1 saturated carbocycles. The lowest BCUT2D eigenvalue weighted by Crippen LogP contribution is -2.21. The van der Waals surface area contributed by atoms with Crippen molar-refractivity contribution in [3.8, 4) is 0 Å². The highest BCUT2D eigenvalue weighted by Crippen LogP contribution is 2.22. The van der Waals surface area contributed by atoms with E-state index in [1.807, 2.05) is 0 Å². The quantitative estimate of drug-likeness (QED) is 0.792. The topological polar surface area (TPSA) is 15.3 Å². The minimum absolute atomic E-state index is 0.782. The van der Waals surface area contributed by atoms with E-state index in [0.29, 0.717) is 0 Å². The molecule has 82 valence electrons. The zero-order valence-electron chi connectivity index (χ0n) is 9.66. The van der Waals surface area contributed by atoms with Gasteiger partial charge in [-0.25, -0.2) is 0 Å². The number of hydrogen-bond donors (Lipinski definition) is 1. The van der Waals surface area contributed by atoms with Gasteiger partial charge < -0.3 is 10.2 Å². The zero-order valence-corrected chi connectivity index (χ0v) is 9.66. The second-order valence-electron chi connectivity index (χ2n) is 4.30. The molecule has 2 nitrogen and oxygen atoms in total. The average molecular weight is 204 g/mol. The van der Waals surface area contributed by atoms with E-state index in [2.05, 4.69) is 48.5 Å². The smallest absolute Gasteiger partial charge is 0.0409 e. The summed E-state index contributed by atoms with van der Waals surface area (Å²) >= 11 is 0. The van der Waals surface area contributed by atoms with Gasteiger partial charge in [0.1, 0.15) is 0 Å². The van der Waals surface area contributed by atoms with Gasteiger partial charge in [-0.2, -0.15) is 0 Å². The van der Waals surface area contributed by atoms with Gasteiger partial charge in [-0.1, -0.05) is 18.2 Å². The van der Waals surface area contributed by atoms with Crippen molar-refractivity contribution in [2.75, 3.05) is 18.5 Å². The summed E-state index contributed by atoms with van der Waals surface area (Å²) in [6, 6.07) is 9.44. The second kappa shape index (κ2) is 4.67. The van der Waals surface area contributed by atoms with Crippen molar-refractivity contribution in [2.45, 2.75) is 32.4 Å². The van der Waals surface area contributed by atoms with E-state index < -0.39 is 0 Å². The van der Waals surface area contributed by atoms with Crippen molar-refractivity contribution in [3.63, 3.8) is 0 Å². The number of para-hydroxylation sites is 1. The summed E-state index contributed by atoms with van der Waals surface area (Å²) < 4.78 is 0. The number of nitrogens with zero attached hydrogens (tertiary/aromatic N) is 1. The normalized spacial score (nSPS) is 15.3. The highest BCUT2D eigenvalue weighted by Gasteiger charge is 2.20. The van der Waals surface area contributed by atoms with Crippen LogP contribution in [0.15, 0.2) is 24.3 Å². The number of benzene rings is 1. The predicted molar refractivity (Wildman–Crippen MR) is 65.2 cm³/mol. The van der Waals surface area contributed by atoms with Crippen molar-refractivity contribution in [3.05, 3.63) is 29.8 Å². The Morgan fingerprint density at radius 1 is 1.33 bits per heavy atom. The summed E-state index contributed by atoms with van der Waals surface area (Å²) in [6.45, 7) is 4.25.